The van der Waals surface area contributed by atoms with Crippen molar-refractivity contribution in [2.75, 3.05) is 54.5 Å². The van der Waals surface area contributed by atoms with Crippen molar-refractivity contribution in [2.45, 2.75) is 0 Å². The maximum atomic E-state index is 11.7. The maximum absolute atomic E-state index is 11.7. The number of ether oxygens (including phenoxy) is 2. The van der Waals surface area contributed by atoms with Crippen LogP contribution in [0.3, 0.4) is 0 Å². The molecule has 1 N–H and O–H groups in total. The largest absolute Gasteiger partial charge is 0.497 e. The van der Waals surface area contributed by atoms with Gasteiger partial charge in [0.15, 0.2) is 5.96 Å². The van der Waals surface area contributed by atoms with Crippen LogP contribution in [0.1, 0.15) is 0 Å². The predicted octanol–water partition coefficient (Wildman–Crippen LogP) is 1.23. The van der Waals surface area contributed by atoms with Crippen molar-refractivity contribution in [3.05, 3.63) is 36.9 Å². The van der Waals surface area contributed by atoms with Crippen molar-refractivity contribution in [1.82, 2.24) is 15.1 Å². The van der Waals surface area contributed by atoms with E-state index in [2.05, 4.69) is 16.9 Å². The number of guanidine groups is 1. The Labute approximate surface area is 149 Å². The van der Waals surface area contributed by atoms with Gasteiger partial charge in [-0.1, -0.05) is 6.08 Å². The SMILES string of the molecule is C=CCNC(=NCC(=O)N(C)C)N(C)CCOc1ccc(OC)cc1. The lowest BCUT2D eigenvalue weighted by molar-refractivity contribution is -0.127. The molecule has 1 aromatic carbocycles. The minimum absolute atomic E-state index is 0.0548. The zero-order valence-corrected chi connectivity index (χ0v) is 15.5. The van der Waals surface area contributed by atoms with Gasteiger partial charge in [-0.3, -0.25) is 4.79 Å². The molecular formula is C18H28N4O3. The Morgan fingerprint density at radius 1 is 1.24 bits per heavy atom. The van der Waals surface area contributed by atoms with Crippen molar-refractivity contribution in [2.24, 2.45) is 4.99 Å². The van der Waals surface area contributed by atoms with Gasteiger partial charge in [-0.2, -0.15) is 0 Å². The molecule has 0 heterocycles. The molecule has 7 nitrogen and oxygen atoms in total. The van der Waals surface area contributed by atoms with Gasteiger partial charge in [0.25, 0.3) is 0 Å². The number of carbonyl (C=O) groups is 1. The number of amides is 1. The van der Waals surface area contributed by atoms with Crippen LogP contribution >= 0.6 is 0 Å². The summed E-state index contributed by atoms with van der Waals surface area (Å²) in [4.78, 5) is 19.5. The molecular weight excluding hydrogens is 320 g/mol. The number of likely N-dealkylation sites (N-methyl/N-ethyl adjacent to an activating group) is 2. The Hall–Kier alpha value is -2.70. The number of rotatable bonds is 9. The fourth-order valence-electron chi connectivity index (χ4n) is 1.84. The van der Waals surface area contributed by atoms with Crippen LogP contribution in [0.2, 0.25) is 0 Å². The lowest BCUT2D eigenvalue weighted by atomic mass is 10.3. The van der Waals surface area contributed by atoms with Gasteiger partial charge in [-0.25, -0.2) is 4.99 Å². The van der Waals surface area contributed by atoms with Crippen LogP contribution < -0.4 is 14.8 Å². The second-order valence-corrected chi connectivity index (χ2v) is 5.54. The molecule has 138 valence electrons. The first-order chi connectivity index (χ1) is 12.0. The van der Waals surface area contributed by atoms with Crippen molar-refractivity contribution in [1.29, 1.82) is 0 Å². The van der Waals surface area contributed by atoms with Crippen molar-refractivity contribution in [3.8, 4) is 11.5 Å². The lowest BCUT2D eigenvalue weighted by Crippen LogP contribution is -2.41. The average molecular weight is 348 g/mol. The lowest BCUT2D eigenvalue weighted by Gasteiger charge is -2.22. The third-order valence-corrected chi connectivity index (χ3v) is 3.38. The Balaban J connectivity index is 2.54. The van der Waals surface area contributed by atoms with Gasteiger partial charge in [-0.15, -0.1) is 6.58 Å². The normalized spacial score (nSPS) is 10.8. The number of nitrogens with one attached hydrogen (secondary N) is 1. The molecule has 0 radical (unpaired) electrons. The molecule has 0 aromatic heterocycles. The Morgan fingerprint density at radius 2 is 1.88 bits per heavy atom. The molecule has 7 heteroatoms. The van der Waals surface area contributed by atoms with Crippen molar-refractivity contribution < 1.29 is 14.3 Å². The van der Waals surface area contributed by atoms with E-state index in [9.17, 15) is 4.79 Å². The van der Waals surface area contributed by atoms with Gasteiger partial charge in [-0.05, 0) is 24.3 Å². The molecule has 1 amide bonds. The molecule has 0 unspecified atom stereocenters. The number of aliphatic imine (C=N–C) groups is 1. The average Bonchev–Trinajstić information content (AvgIpc) is 2.61. The van der Waals surface area contributed by atoms with E-state index in [-0.39, 0.29) is 12.5 Å². The quantitative estimate of drug-likeness (QED) is 0.413. The highest BCUT2D eigenvalue weighted by molar-refractivity contribution is 5.84. The van der Waals surface area contributed by atoms with Crippen LogP contribution in [0.25, 0.3) is 0 Å². The smallest absolute Gasteiger partial charge is 0.243 e. The fourth-order valence-corrected chi connectivity index (χ4v) is 1.84. The van der Waals surface area contributed by atoms with Crippen molar-refractivity contribution in [3.63, 3.8) is 0 Å². The van der Waals surface area contributed by atoms with E-state index in [0.29, 0.717) is 25.7 Å². The zero-order valence-electron chi connectivity index (χ0n) is 15.5. The standard InChI is InChI=1S/C18H28N4O3/c1-6-11-19-18(20-14-17(23)21(2)3)22(4)12-13-25-16-9-7-15(24-5)8-10-16/h6-10H,1,11-14H2,2-5H3,(H,19,20). The van der Waals surface area contributed by atoms with Crippen LogP contribution in [-0.4, -0.2) is 76.2 Å². The van der Waals surface area contributed by atoms with Gasteiger partial charge in [0.2, 0.25) is 5.91 Å². The molecule has 0 aliphatic rings. The van der Waals surface area contributed by atoms with E-state index in [1.54, 1.807) is 27.3 Å². The summed E-state index contributed by atoms with van der Waals surface area (Å²) in [5, 5.41) is 3.14. The van der Waals surface area contributed by atoms with Crippen LogP contribution in [0.4, 0.5) is 0 Å². The summed E-state index contributed by atoms with van der Waals surface area (Å²) in [6.45, 7) is 5.45. The summed E-state index contributed by atoms with van der Waals surface area (Å²) in [5.41, 5.74) is 0. The first-order valence-electron chi connectivity index (χ1n) is 8.05. The fraction of sp³-hybridized carbons (Fsp3) is 0.444. The summed E-state index contributed by atoms with van der Waals surface area (Å²) < 4.78 is 10.8. The second kappa shape index (κ2) is 11.0. The number of methoxy groups -OCH3 is 1. The Morgan fingerprint density at radius 3 is 2.44 bits per heavy atom. The van der Waals surface area contributed by atoms with Gasteiger partial charge >= 0.3 is 0 Å². The van der Waals surface area contributed by atoms with Gasteiger partial charge in [0.1, 0.15) is 24.7 Å². The van der Waals surface area contributed by atoms with Gasteiger partial charge in [0, 0.05) is 27.7 Å². The number of hydrogen-bond acceptors (Lipinski definition) is 4. The molecule has 0 aliphatic heterocycles. The maximum Gasteiger partial charge on any atom is 0.243 e. The summed E-state index contributed by atoms with van der Waals surface area (Å²) >= 11 is 0. The molecule has 0 saturated carbocycles. The first kappa shape index (κ1) is 20.3. The summed E-state index contributed by atoms with van der Waals surface area (Å²) in [6, 6.07) is 7.42. The van der Waals surface area contributed by atoms with E-state index < -0.39 is 0 Å². The molecule has 0 atom stereocenters. The topological polar surface area (TPSA) is 66.4 Å². The molecule has 0 fully saturated rings. The van der Waals surface area contributed by atoms with Gasteiger partial charge in [0.05, 0.1) is 13.7 Å². The van der Waals surface area contributed by atoms with Crippen LogP contribution in [-0.2, 0) is 4.79 Å². The molecule has 1 aromatic rings. The Bertz CT molecular complexity index is 570. The van der Waals surface area contributed by atoms with E-state index in [0.717, 1.165) is 11.5 Å². The third kappa shape index (κ3) is 7.60. The summed E-state index contributed by atoms with van der Waals surface area (Å²) in [7, 11) is 6.94. The molecule has 1 rings (SSSR count). The van der Waals surface area contributed by atoms with E-state index >= 15 is 0 Å². The number of benzene rings is 1. The van der Waals surface area contributed by atoms with Crippen molar-refractivity contribution >= 4 is 11.9 Å². The third-order valence-electron chi connectivity index (χ3n) is 3.38. The molecule has 0 saturated heterocycles. The highest BCUT2D eigenvalue weighted by atomic mass is 16.5. The first-order valence-corrected chi connectivity index (χ1v) is 8.05. The zero-order chi connectivity index (χ0) is 18.7. The number of nitrogens with zero attached hydrogens (tertiary/aromatic N) is 3. The van der Waals surface area contributed by atoms with E-state index in [1.165, 1.54) is 4.90 Å². The predicted molar refractivity (Wildman–Crippen MR) is 100 cm³/mol. The monoisotopic (exact) mass is 348 g/mol. The minimum atomic E-state index is -0.0548. The number of carbonyl (C=O) groups excluding carboxylic acids is 1. The summed E-state index contributed by atoms with van der Waals surface area (Å²) in [5.74, 6) is 2.14. The highest BCUT2D eigenvalue weighted by Gasteiger charge is 2.08. The summed E-state index contributed by atoms with van der Waals surface area (Å²) in [6.07, 6.45) is 1.74. The van der Waals surface area contributed by atoms with E-state index in [4.69, 9.17) is 9.47 Å². The molecule has 0 spiro atoms. The number of hydrogen-bond donors (Lipinski definition) is 1. The van der Waals surface area contributed by atoms with Crippen LogP contribution in [0, 0.1) is 0 Å². The second-order valence-electron chi connectivity index (χ2n) is 5.54. The van der Waals surface area contributed by atoms with Gasteiger partial charge < -0.3 is 24.6 Å². The molecule has 0 aliphatic carbocycles. The highest BCUT2D eigenvalue weighted by Crippen LogP contribution is 2.16. The molecule has 25 heavy (non-hydrogen) atoms. The molecule has 0 bridgehead atoms. The van der Waals surface area contributed by atoms with E-state index in [1.807, 2.05) is 36.2 Å². The van der Waals surface area contributed by atoms with Crippen LogP contribution in [0.5, 0.6) is 11.5 Å². The Kier molecular flexibility index (Phi) is 8.92. The van der Waals surface area contributed by atoms with Crippen LogP contribution in [0.15, 0.2) is 41.9 Å². The minimum Gasteiger partial charge on any atom is -0.497 e.